The van der Waals surface area contributed by atoms with Gasteiger partial charge in [-0.2, -0.15) is 4.98 Å². The number of hydrogen-bond acceptors (Lipinski definition) is 5. The third kappa shape index (κ3) is 3.56. The average Bonchev–Trinajstić information content (AvgIpc) is 3.30. The van der Waals surface area contributed by atoms with Gasteiger partial charge in [0, 0.05) is 22.6 Å². The Kier molecular flexibility index (Phi) is 4.23. The lowest BCUT2D eigenvalue weighted by molar-refractivity contribution is 0.411. The van der Waals surface area contributed by atoms with E-state index in [2.05, 4.69) is 20.5 Å². The molecule has 0 saturated heterocycles. The molecule has 0 unspecified atom stereocenters. The van der Waals surface area contributed by atoms with Crippen molar-refractivity contribution in [2.75, 3.05) is 0 Å². The molecule has 2 heterocycles. The number of thiazole rings is 1. The molecule has 4 nitrogen and oxygen atoms in total. The Morgan fingerprint density at radius 1 is 0.920 bits per heavy atom. The Balaban J connectivity index is 1.59. The normalized spacial score (nSPS) is 11.2. The summed E-state index contributed by atoms with van der Waals surface area (Å²) < 4.78 is 5.33. The van der Waals surface area contributed by atoms with Crippen molar-refractivity contribution < 1.29 is 4.52 Å². The van der Waals surface area contributed by atoms with Gasteiger partial charge in [0.15, 0.2) is 0 Å². The monoisotopic (exact) mass is 345 g/mol. The first kappa shape index (κ1) is 15.5. The molecule has 2 aromatic heterocycles. The third-order valence-corrected chi connectivity index (χ3v) is 4.47. The predicted octanol–water partition coefficient (Wildman–Crippen LogP) is 5.34. The summed E-state index contributed by atoms with van der Waals surface area (Å²) in [7, 11) is 0. The van der Waals surface area contributed by atoms with E-state index in [9.17, 15) is 0 Å². The van der Waals surface area contributed by atoms with Crippen molar-refractivity contribution in [3.8, 4) is 22.6 Å². The SMILES string of the molecule is Cc1nc(-c2cccc(-c3noc(/C=C/c4ccccc4)n3)c2)cs1. The number of rotatable bonds is 4. The zero-order valence-electron chi connectivity index (χ0n) is 13.6. The van der Waals surface area contributed by atoms with E-state index in [4.69, 9.17) is 4.52 Å². The van der Waals surface area contributed by atoms with Gasteiger partial charge in [0.05, 0.1) is 10.7 Å². The van der Waals surface area contributed by atoms with Crippen molar-refractivity contribution >= 4 is 23.5 Å². The first-order valence-corrected chi connectivity index (χ1v) is 8.76. The van der Waals surface area contributed by atoms with E-state index in [0.717, 1.165) is 27.4 Å². The van der Waals surface area contributed by atoms with Crippen LogP contribution < -0.4 is 0 Å². The van der Waals surface area contributed by atoms with Crippen molar-refractivity contribution in [1.29, 1.82) is 0 Å². The molecule has 0 atom stereocenters. The quantitative estimate of drug-likeness (QED) is 0.501. The third-order valence-electron chi connectivity index (χ3n) is 3.70. The first-order chi connectivity index (χ1) is 12.3. The van der Waals surface area contributed by atoms with Crippen LogP contribution >= 0.6 is 11.3 Å². The summed E-state index contributed by atoms with van der Waals surface area (Å²) in [5.74, 6) is 1.05. The van der Waals surface area contributed by atoms with E-state index >= 15 is 0 Å². The average molecular weight is 345 g/mol. The van der Waals surface area contributed by atoms with E-state index < -0.39 is 0 Å². The van der Waals surface area contributed by atoms with Crippen molar-refractivity contribution in [3.05, 3.63) is 76.4 Å². The summed E-state index contributed by atoms with van der Waals surface area (Å²) in [4.78, 5) is 8.98. The summed E-state index contributed by atoms with van der Waals surface area (Å²) in [6, 6.07) is 18.0. The molecule has 0 spiro atoms. The van der Waals surface area contributed by atoms with Gasteiger partial charge in [-0.25, -0.2) is 4.98 Å². The van der Waals surface area contributed by atoms with E-state index in [1.807, 2.05) is 73.7 Å². The number of benzene rings is 2. The molecule has 0 fully saturated rings. The second kappa shape index (κ2) is 6.83. The second-order valence-corrected chi connectivity index (χ2v) is 6.60. The van der Waals surface area contributed by atoms with Crippen LogP contribution in [0.1, 0.15) is 16.5 Å². The summed E-state index contributed by atoms with van der Waals surface area (Å²) in [5.41, 5.74) is 4.01. The molecule has 25 heavy (non-hydrogen) atoms. The zero-order chi connectivity index (χ0) is 17.1. The fourth-order valence-electron chi connectivity index (χ4n) is 2.47. The Bertz CT molecular complexity index is 1020. The Morgan fingerprint density at radius 3 is 2.56 bits per heavy atom. The minimum atomic E-state index is 0.480. The lowest BCUT2D eigenvalue weighted by Crippen LogP contribution is -1.83. The molecule has 2 aromatic carbocycles. The van der Waals surface area contributed by atoms with Crippen LogP contribution in [0.3, 0.4) is 0 Å². The number of aryl methyl sites for hydroxylation is 1. The van der Waals surface area contributed by atoms with E-state index in [0.29, 0.717) is 11.7 Å². The van der Waals surface area contributed by atoms with Crippen LogP contribution in [0.25, 0.3) is 34.8 Å². The molecule has 0 N–H and O–H groups in total. The van der Waals surface area contributed by atoms with Gasteiger partial charge in [-0.1, -0.05) is 53.7 Å². The van der Waals surface area contributed by atoms with Gasteiger partial charge in [-0.15, -0.1) is 11.3 Å². The predicted molar refractivity (Wildman–Crippen MR) is 101 cm³/mol. The van der Waals surface area contributed by atoms with Crippen molar-refractivity contribution in [2.45, 2.75) is 6.92 Å². The van der Waals surface area contributed by atoms with Gasteiger partial charge in [0.25, 0.3) is 5.89 Å². The minimum absolute atomic E-state index is 0.480. The molecule has 0 aliphatic carbocycles. The van der Waals surface area contributed by atoms with Crippen molar-refractivity contribution in [2.24, 2.45) is 0 Å². The molecule has 0 aliphatic rings. The zero-order valence-corrected chi connectivity index (χ0v) is 14.4. The fourth-order valence-corrected chi connectivity index (χ4v) is 3.09. The molecular formula is C20H15N3OS. The smallest absolute Gasteiger partial charge is 0.250 e. The van der Waals surface area contributed by atoms with Crippen LogP contribution in [0.15, 0.2) is 64.5 Å². The maximum atomic E-state index is 5.33. The van der Waals surface area contributed by atoms with E-state index in [-0.39, 0.29) is 0 Å². The maximum absolute atomic E-state index is 5.33. The van der Waals surface area contributed by atoms with Crippen LogP contribution in [-0.2, 0) is 0 Å². The van der Waals surface area contributed by atoms with Crippen LogP contribution in [0.4, 0.5) is 0 Å². The Labute approximate surface area is 149 Å². The van der Waals surface area contributed by atoms with Crippen LogP contribution in [0.5, 0.6) is 0 Å². The Morgan fingerprint density at radius 2 is 1.76 bits per heavy atom. The summed E-state index contributed by atoms with van der Waals surface area (Å²) in [5, 5.41) is 7.19. The molecular weight excluding hydrogens is 330 g/mol. The van der Waals surface area contributed by atoms with Crippen LogP contribution in [0.2, 0.25) is 0 Å². The highest BCUT2D eigenvalue weighted by atomic mass is 32.1. The summed E-state index contributed by atoms with van der Waals surface area (Å²) in [6.45, 7) is 2.00. The van der Waals surface area contributed by atoms with Crippen LogP contribution in [-0.4, -0.2) is 15.1 Å². The van der Waals surface area contributed by atoms with Gasteiger partial charge < -0.3 is 4.52 Å². The highest BCUT2D eigenvalue weighted by molar-refractivity contribution is 7.09. The van der Waals surface area contributed by atoms with Gasteiger partial charge in [-0.3, -0.25) is 0 Å². The molecule has 0 amide bonds. The standard InChI is InChI=1S/C20H15N3OS/c1-14-21-18(13-25-14)16-8-5-9-17(12-16)20-22-19(24-23-20)11-10-15-6-3-2-4-7-15/h2-13H,1H3/b11-10+. The lowest BCUT2D eigenvalue weighted by Gasteiger charge is -1.99. The number of hydrogen-bond donors (Lipinski definition) is 0. The molecule has 0 aliphatic heterocycles. The van der Waals surface area contributed by atoms with Crippen molar-refractivity contribution in [1.82, 2.24) is 15.1 Å². The summed E-state index contributed by atoms with van der Waals surface area (Å²) >= 11 is 1.64. The number of aromatic nitrogens is 3. The molecule has 0 bridgehead atoms. The van der Waals surface area contributed by atoms with Gasteiger partial charge in [0.2, 0.25) is 5.82 Å². The number of nitrogens with zero attached hydrogens (tertiary/aromatic N) is 3. The van der Waals surface area contributed by atoms with Crippen LogP contribution in [0, 0.1) is 6.92 Å². The molecule has 4 aromatic rings. The molecule has 4 rings (SSSR count). The lowest BCUT2D eigenvalue weighted by atomic mass is 10.1. The largest absolute Gasteiger partial charge is 0.334 e. The second-order valence-electron chi connectivity index (χ2n) is 5.53. The molecule has 122 valence electrons. The van der Waals surface area contributed by atoms with Gasteiger partial charge >= 0.3 is 0 Å². The van der Waals surface area contributed by atoms with Gasteiger partial charge in [0.1, 0.15) is 0 Å². The fraction of sp³-hybridized carbons (Fsp3) is 0.0500. The van der Waals surface area contributed by atoms with Gasteiger partial charge in [-0.05, 0) is 24.6 Å². The molecule has 0 radical (unpaired) electrons. The van der Waals surface area contributed by atoms with Crippen molar-refractivity contribution in [3.63, 3.8) is 0 Å². The topological polar surface area (TPSA) is 51.8 Å². The van der Waals surface area contributed by atoms with E-state index in [1.165, 1.54) is 0 Å². The maximum Gasteiger partial charge on any atom is 0.250 e. The highest BCUT2D eigenvalue weighted by Gasteiger charge is 2.09. The molecule has 5 heteroatoms. The summed E-state index contributed by atoms with van der Waals surface area (Å²) in [6.07, 6.45) is 3.77. The first-order valence-electron chi connectivity index (χ1n) is 7.88. The Hall–Kier alpha value is -3.05. The minimum Gasteiger partial charge on any atom is -0.334 e. The highest BCUT2D eigenvalue weighted by Crippen LogP contribution is 2.26. The molecule has 0 saturated carbocycles. The van der Waals surface area contributed by atoms with E-state index in [1.54, 1.807) is 11.3 Å².